The number of rotatable bonds is 5. The molecule has 0 spiro atoms. The van der Waals surface area contributed by atoms with E-state index in [4.69, 9.17) is 2.74 Å². The fourth-order valence-electron chi connectivity index (χ4n) is 7.69. The third kappa shape index (κ3) is 4.47. The minimum atomic E-state index is -0.211. The van der Waals surface area contributed by atoms with Gasteiger partial charge in [-0.15, -0.1) is 0 Å². The van der Waals surface area contributed by atoms with E-state index < -0.39 is 0 Å². The minimum Gasteiger partial charge on any atom is -0.310 e. The molecule has 9 rings (SSSR count). The third-order valence-electron chi connectivity index (χ3n) is 9.92. The van der Waals surface area contributed by atoms with Gasteiger partial charge in [-0.2, -0.15) is 0 Å². The van der Waals surface area contributed by atoms with Crippen molar-refractivity contribution in [3.8, 4) is 33.4 Å². The Morgan fingerprint density at radius 1 is 0.479 bits per heavy atom. The van der Waals surface area contributed by atoms with E-state index in [0.29, 0.717) is 11.1 Å². The normalized spacial score (nSPS) is 14.1. The first kappa shape index (κ1) is 24.3. The van der Waals surface area contributed by atoms with Gasteiger partial charge in [0.25, 0.3) is 0 Å². The number of nitrogens with zero attached hydrogens (tertiary/aromatic N) is 1. The number of benzene rings is 8. The smallest absolute Gasteiger partial charge is 0.0651 e. The van der Waals surface area contributed by atoms with Gasteiger partial charge >= 0.3 is 0 Å². The van der Waals surface area contributed by atoms with Crippen LogP contribution in [0.4, 0.5) is 17.1 Å². The number of hydrogen-bond acceptors (Lipinski definition) is 1. The van der Waals surface area contributed by atoms with Crippen LogP contribution in [-0.4, -0.2) is 0 Å². The van der Waals surface area contributed by atoms with Crippen LogP contribution in [0.15, 0.2) is 176 Å². The van der Waals surface area contributed by atoms with Crippen molar-refractivity contribution in [3.63, 3.8) is 0 Å². The van der Waals surface area contributed by atoms with Gasteiger partial charge in [-0.25, -0.2) is 0 Å². The van der Waals surface area contributed by atoms with Gasteiger partial charge in [0.05, 0.1) is 11.2 Å². The molecule has 0 heterocycles. The molecule has 0 saturated carbocycles. The van der Waals surface area contributed by atoms with Crippen LogP contribution in [0.25, 0.3) is 54.9 Å². The standard InChI is InChI=1S/C47H35N/c1-47(2)44-25-8-7-21-42(44)43-24-12-23-41(46(43)47)34-27-29-36(30-28-34)48(45-26-11-16-33-14-4-6-20-40(33)45)37-18-9-17-35(31-37)39-22-10-15-32-13-3-5-19-38(32)39/h3-31H,1-2H3/i9D,17D,18D,31D. The number of fused-ring (bicyclic) bond motifs is 5. The quantitative estimate of drug-likeness (QED) is 0.186. The van der Waals surface area contributed by atoms with Crippen molar-refractivity contribution in [3.05, 3.63) is 187 Å². The molecule has 0 saturated heterocycles. The van der Waals surface area contributed by atoms with Crippen LogP contribution >= 0.6 is 0 Å². The van der Waals surface area contributed by atoms with Crippen molar-refractivity contribution >= 4 is 38.6 Å². The van der Waals surface area contributed by atoms with Gasteiger partial charge < -0.3 is 4.90 Å². The Morgan fingerprint density at radius 3 is 1.92 bits per heavy atom. The van der Waals surface area contributed by atoms with Crippen LogP contribution in [0.2, 0.25) is 0 Å². The molecule has 0 aromatic heterocycles. The van der Waals surface area contributed by atoms with Crippen molar-refractivity contribution in [1.29, 1.82) is 0 Å². The second-order valence-electron chi connectivity index (χ2n) is 13.0. The lowest BCUT2D eigenvalue weighted by Gasteiger charge is -2.28. The maximum absolute atomic E-state index is 9.78. The lowest BCUT2D eigenvalue weighted by atomic mass is 9.79. The Hall–Kier alpha value is -5.92. The van der Waals surface area contributed by atoms with Crippen LogP contribution in [0.5, 0.6) is 0 Å². The molecule has 0 unspecified atom stereocenters. The highest BCUT2D eigenvalue weighted by atomic mass is 15.1. The van der Waals surface area contributed by atoms with E-state index in [1.807, 2.05) is 71.6 Å². The summed E-state index contributed by atoms with van der Waals surface area (Å²) in [5.41, 5.74) is 10.1. The van der Waals surface area contributed by atoms with E-state index in [9.17, 15) is 2.74 Å². The van der Waals surface area contributed by atoms with Crippen molar-refractivity contribution in [2.45, 2.75) is 19.3 Å². The average molecular weight is 618 g/mol. The lowest BCUT2D eigenvalue weighted by Crippen LogP contribution is -2.16. The van der Waals surface area contributed by atoms with Gasteiger partial charge in [0.1, 0.15) is 0 Å². The fourth-order valence-corrected chi connectivity index (χ4v) is 7.69. The molecular weight excluding hydrogens is 579 g/mol. The molecule has 228 valence electrons. The summed E-state index contributed by atoms with van der Waals surface area (Å²) < 4.78 is 37.3. The maximum Gasteiger partial charge on any atom is 0.0651 e. The maximum atomic E-state index is 9.78. The van der Waals surface area contributed by atoms with Crippen molar-refractivity contribution in [2.24, 2.45) is 0 Å². The van der Waals surface area contributed by atoms with Crippen molar-refractivity contribution < 1.29 is 5.48 Å². The predicted molar refractivity (Wildman–Crippen MR) is 205 cm³/mol. The average Bonchev–Trinajstić information content (AvgIpc) is 3.42. The second kappa shape index (κ2) is 11.1. The van der Waals surface area contributed by atoms with E-state index in [0.717, 1.165) is 38.5 Å². The largest absolute Gasteiger partial charge is 0.310 e. The molecule has 0 bridgehead atoms. The molecule has 48 heavy (non-hydrogen) atoms. The van der Waals surface area contributed by atoms with Crippen LogP contribution in [-0.2, 0) is 5.41 Å². The summed E-state index contributed by atoms with van der Waals surface area (Å²) in [5, 5.41) is 3.87. The van der Waals surface area contributed by atoms with Crippen LogP contribution in [0, 0.1) is 0 Å². The first-order valence-electron chi connectivity index (χ1n) is 18.5. The van der Waals surface area contributed by atoms with E-state index in [1.54, 1.807) is 0 Å². The number of anilines is 3. The summed E-state index contributed by atoms with van der Waals surface area (Å²) in [6.45, 7) is 4.59. The number of hydrogen-bond donors (Lipinski definition) is 0. The summed E-state index contributed by atoms with van der Waals surface area (Å²) in [6.07, 6.45) is 0. The van der Waals surface area contributed by atoms with E-state index in [-0.39, 0.29) is 35.3 Å². The Balaban J connectivity index is 1.27. The summed E-state index contributed by atoms with van der Waals surface area (Å²) in [6, 6.07) is 51.1. The third-order valence-corrected chi connectivity index (χ3v) is 9.92. The van der Waals surface area contributed by atoms with Crippen LogP contribution in [0.3, 0.4) is 0 Å². The van der Waals surface area contributed by atoms with Crippen molar-refractivity contribution in [2.75, 3.05) is 4.90 Å². The monoisotopic (exact) mass is 617 g/mol. The molecule has 0 fully saturated rings. The summed E-state index contributed by atoms with van der Waals surface area (Å²) in [5.74, 6) is 0. The SMILES string of the molecule is [2H]c1c([2H])c(-c2cccc3ccccc23)c([2H])c(N(c2ccc(-c3cccc4c3C(C)(C)c3ccccc3-4)cc2)c2cccc3ccccc23)c1[2H]. The van der Waals surface area contributed by atoms with E-state index >= 15 is 0 Å². The molecule has 1 aliphatic rings. The van der Waals surface area contributed by atoms with Gasteiger partial charge in [-0.3, -0.25) is 0 Å². The van der Waals surface area contributed by atoms with Crippen LogP contribution in [0.1, 0.15) is 30.5 Å². The summed E-state index contributed by atoms with van der Waals surface area (Å²) >= 11 is 0. The summed E-state index contributed by atoms with van der Waals surface area (Å²) in [4.78, 5) is 1.94. The highest BCUT2D eigenvalue weighted by molar-refractivity contribution is 6.01. The summed E-state index contributed by atoms with van der Waals surface area (Å²) in [7, 11) is 0. The molecule has 8 aromatic rings. The highest BCUT2D eigenvalue weighted by Gasteiger charge is 2.37. The zero-order valence-corrected chi connectivity index (χ0v) is 26.9. The second-order valence-corrected chi connectivity index (χ2v) is 13.0. The molecule has 0 amide bonds. The Bertz CT molecular complexity index is 2700. The first-order valence-corrected chi connectivity index (χ1v) is 16.5. The van der Waals surface area contributed by atoms with Gasteiger partial charge in [0, 0.05) is 22.2 Å². The molecule has 0 aliphatic heterocycles. The van der Waals surface area contributed by atoms with Gasteiger partial charge in [-0.1, -0.05) is 159 Å². The highest BCUT2D eigenvalue weighted by Crippen LogP contribution is 2.52. The first-order chi connectivity index (χ1) is 25.3. The van der Waals surface area contributed by atoms with E-state index in [2.05, 4.69) is 98.8 Å². The molecule has 1 aliphatic carbocycles. The Labute approximate surface area is 288 Å². The lowest BCUT2D eigenvalue weighted by molar-refractivity contribution is 0.662. The molecule has 8 aromatic carbocycles. The Kier molecular flexibility index (Phi) is 5.62. The predicted octanol–water partition coefficient (Wildman–Crippen LogP) is 13.1. The van der Waals surface area contributed by atoms with E-state index in [1.165, 1.54) is 27.8 Å². The zero-order chi connectivity index (χ0) is 35.7. The minimum absolute atomic E-state index is 0.0414. The Morgan fingerprint density at radius 2 is 1.08 bits per heavy atom. The molecule has 0 N–H and O–H groups in total. The van der Waals surface area contributed by atoms with Gasteiger partial charge in [-0.05, 0) is 91.0 Å². The van der Waals surface area contributed by atoms with Crippen molar-refractivity contribution in [1.82, 2.24) is 0 Å². The van der Waals surface area contributed by atoms with Crippen LogP contribution < -0.4 is 4.90 Å². The van der Waals surface area contributed by atoms with Gasteiger partial charge in [0.2, 0.25) is 0 Å². The molecule has 0 radical (unpaired) electrons. The molecule has 0 atom stereocenters. The topological polar surface area (TPSA) is 3.24 Å². The van der Waals surface area contributed by atoms with Gasteiger partial charge in [0.15, 0.2) is 0 Å². The molecule has 1 nitrogen and oxygen atoms in total. The fraction of sp³-hybridized carbons (Fsp3) is 0.0638. The zero-order valence-electron chi connectivity index (χ0n) is 30.9. The molecular formula is C47H35N. The molecule has 1 heteroatoms.